The Balaban J connectivity index is 1.90. The van der Waals surface area contributed by atoms with Crippen molar-refractivity contribution in [3.63, 3.8) is 0 Å². The minimum Gasteiger partial charge on any atom is -0.481 e. The van der Waals surface area contributed by atoms with Crippen molar-refractivity contribution in [2.24, 2.45) is 5.92 Å². The van der Waals surface area contributed by atoms with E-state index >= 15 is 0 Å². The molecule has 1 aliphatic heterocycles. The third-order valence-electron chi connectivity index (χ3n) is 3.57. The molecule has 0 aromatic carbocycles. The van der Waals surface area contributed by atoms with Crippen LogP contribution in [-0.4, -0.2) is 36.6 Å². The molecule has 5 heteroatoms. The number of hydrogen-bond donors (Lipinski definition) is 3. The van der Waals surface area contributed by atoms with Crippen molar-refractivity contribution in [1.82, 2.24) is 10.6 Å². The van der Waals surface area contributed by atoms with E-state index < -0.39 is 5.97 Å². The molecule has 1 aliphatic rings. The zero-order chi connectivity index (χ0) is 13.9. The summed E-state index contributed by atoms with van der Waals surface area (Å²) in [7, 11) is 0. The van der Waals surface area contributed by atoms with E-state index in [2.05, 4.69) is 10.6 Å². The first-order chi connectivity index (χ1) is 9.18. The predicted molar refractivity (Wildman–Crippen MR) is 73.9 cm³/mol. The lowest BCUT2D eigenvalue weighted by molar-refractivity contribution is -0.137. The van der Waals surface area contributed by atoms with Gasteiger partial charge in [0.1, 0.15) is 0 Å². The Morgan fingerprint density at radius 2 is 1.79 bits per heavy atom. The standard InChI is InChI=1S/C14H26N2O3/c17-13(11-12-6-9-15-10-7-12)16-8-4-2-1-3-5-14(18)19/h12,15H,1-11H2,(H,16,17)(H,18,19). The summed E-state index contributed by atoms with van der Waals surface area (Å²) in [6.45, 7) is 2.78. The van der Waals surface area contributed by atoms with Gasteiger partial charge in [0.15, 0.2) is 0 Å². The molecule has 19 heavy (non-hydrogen) atoms. The third-order valence-corrected chi connectivity index (χ3v) is 3.57. The number of carbonyl (C=O) groups is 2. The Morgan fingerprint density at radius 1 is 1.11 bits per heavy atom. The average Bonchev–Trinajstić information content (AvgIpc) is 2.38. The van der Waals surface area contributed by atoms with Crippen LogP contribution in [-0.2, 0) is 9.59 Å². The maximum absolute atomic E-state index is 11.7. The maximum atomic E-state index is 11.7. The van der Waals surface area contributed by atoms with Crippen molar-refractivity contribution in [2.75, 3.05) is 19.6 Å². The molecule has 1 amide bonds. The number of carboxylic acid groups (broad SMARTS) is 1. The van der Waals surface area contributed by atoms with E-state index in [1.54, 1.807) is 0 Å². The van der Waals surface area contributed by atoms with Gasteiger partial charge >= 0.3 is 5.97 Å². The van der Waals surface area contributed by atoms with Gasteiger partial charge in [-0.25, -0.2) is 0 Å². The SMILES string of the molecule is O=C(O)CCCCCCNC(=O)CC1CCNCC1. The molecule has 110 valence electrons. The van der Waals surface area contributed by atoms with E-state index in [4.69, 9.17) is 5.11 Å². The fourth-order valence-corrected chi connectivity index (χ4v) is 2.40. The molecule has 0 atom stereocenters. The molecule has 0 bridgehead atoms. The van der Waals surface area contributed by atoms with E-state index in [-0.39, 0.29) is 12.3 Å². The molecular formula is C14H26N2O3. The molecule has 0 aromatic heterocycles. The van der Waals surface area contributed by atoms with Gasteiger partial charge in [0.2, 0.25) is 5.91 Å². The van der Waals surface area contributed by atoms with Gasteiger partial charge in [0, 0.05) is 19.4 Å². The van der Waals surface area contributed by atoms with Crippen LogP contribution in [0.15, 0.2) is 0 Å². The molecule has 0 aliphatic carbocycles. The number of nitrogens with one attached hydrogen (secondary N) is 2. The summed E-state index contributed by atoms with van der Waals surface area (Å²) < 4.78 is 0. The maximum Gasteiger partial charge on any atom is 0.303 e. The Kier molecular flexibility index (Phi) is 8.21. The van der Waals surface area contributed by atoms with Crippen LogP contribution in [0, 0.1) is 5.92 Å². The number of carboxylic acids is 1. The number of carbonyl (C=O) groups excluding carboxylic acids is 1. The van der Waals surface area contributed by atoms with Crippen molar-refractivity contribution in [3.8, 4) is 0 Å². The number of unbranched alkanes of at least 4 members (excludes halogenated alkanes) is 3. The molecule has 1 heterocycles. The fourth-order valence-electron chi connectivity index (χ4n) is 2.40. The minimum atomic E-state index is -0.727. The largest absolute Gasteiger partial charge is 0.481 e. The number of hydrogen-bond acceptors (Lipinski definition) is 3. The molecule has 1 fully saturated rings. The van der Waals surface area contributed by atoms with Gasteiger partial charge in [-0.15, -0.1) is 0 Å². The van der Waals surface area contributed by atoms with Gasteiger partial charge in [-0.3, -0.25) is 9.59 Å². The summed E-state index contributed by atoms with van der Waals surface area (Å²) in [6, 6.07) is 0. The monoisotopic (exact) mass is 270 g/mol. The molecule has 5 nitrogen and oxygen atoms in total. The second-order valence-electron chi connectivity index (χ2n) is 5.31. The van der Waals surface area contributed by atoms with Crippen LogP contribution in [0.3, 0.4) is 0 Å². The minimum absolute atomic E-state index is 0.164. The molecule has 1 rings (SSSR count). The summed E-state index contributed by atoms with van der Waals surface area (Å²) in [6.07, 6.45) is 6.70. The normalized spacial score (nSPS) is 16.2. The lowest BCUT2D eigenvalue weighted by Crippen LogP contribution is -2.32. The quantitative estimate of drug-likeness (QED) is 0.555. The van der Waals surface area contributed by atoms with Crippen molar-refractivity contribution in [2.45, 2.75) is 51.4 Å². The molecule has 0 radical (unpaired) electrons. The molecule has 0 unspecified atom stereocenters. The van der Waals surface area contributed by atoms with Crippen LogP contribution >= 0.6 is 0 Å². The number of aliphatic carboxylic acids is 1. The third kappa shape index (κ3) is 8.59. The number of amides is 1. The first-order valence-corrected chi connectivity index (χ1v) is 7.37. The summed E-state index contributed by atoms with van der Waals surface area (Å²) in [5.74, 6) is -0.0236. The average molecular weight is 270 g/mol. The summed E-state index contributed by atoms with van der Waals surface area (Å²) in [5, 5.41) is 14.7. The van der Waals surface area contributed by atoms with Gasteiger partial charge in [0.05, 0.1) is 0 Å². The van der Waals surface area contributed by atoms with Gasteiger partial charge in [-0.1, -0.05) is 12.8 Å². The summed E-state index contributed by atoms with van der Waals surface area (Å²) in [4.78, 5) is 22.0. The van der Waals surface area contributed by atoms with Gasteiger partial charge in [0.25, 0.3) is 0 Å². The lowest BCUT2D eigenvalue weighted by atomic mass is 9.94. The number of rotatable bonds is 9. The molecule has 0 aromatic rings. The van der Waals surface area contributed by atoms with E-state index in [0.717, 1.165) is 58.2 Å². The van der Waals surface area contributed by atoms with Crippen LogP contribution in [0.4, 0.5) is 0 Å². The van der Waals surface area contributed by atoms with E-state index in [9.17, 15) is 9.59 Å². The Labute approximate surface area is 115 Å². The van der Waals surface area contributed by atoms with E-state index in [1.807, 2.05) is 0 Å². The van der Waals surface area contributed by atoms with Crippen LogP contribution in [0.25, 0.3) is 0 Å². The van der Waals surface area contributed by atoms with Crippen molar-refractivity contribution >= 4 is 11.9 Å². The molecule has 0 saturated carbocycles. The van der Waals surface area contributed by atoms with Gasteiger partial charge in [-0.2, -0.15) is 0 Å². The molecule has 1 saturated heterocycles. The zero-order valence-electron chi connectivity index (χ0n) is 11.6. The Hall–Kier alpha value is -1.10. The zero-order valence-corrected chi connectivity index (χ0v) is 11.6. The molecule has 3 N–H and O–H groups in total. The van der Waals surface area contributed by atoms with Crippen molar-refractivity contribution in [1.29, 1.82) is 0 Å². The topological polar surface area (TPSA) is 78.4 Å². The van der Waals surface area contributed by atoms with Crippen molar-refractivity contribution in [3.05, 3.63) is 0 Å². The predicted octanol–water partition coefficient (Wildman–Crippen LogP) is 1.53. The van der Waals surface area contributed by atoms with Crippen LogP contribution in [0.5, 0.6) is 0 Å². The second-order valence-corrected chi connectivity index (χ2v) is 5.31. The smallest absolute Gasteiger partial charge is 0.303 e. The Bertz CT molecular complexity index is 276. The highest BCUT2D eigenvalue weighted by atomic mass is 16.4. The van der Waals surface area contributed by atoms with Crippen LogP contribution in [0.1, 0.15) is 51.4 Å². The molecular weight excluding hydrogens is 244 g/mol. The van der Waals surface area contributed by atoms with E-state index in [1.165, 1.54) is 0 Å². The summed E-state index contributed by atoms with van der Waals surface area (Å²) in [5.41, 5.74) is 0. The van der Waals surface area contributed by atoms with Crippen molar-refractivity contribution < 1.29 is 14.7 Å². The summed E-state index contributed by atoms with van der Waals surface area (Å²) >= 11 is 0. The molecule has 0 spiro atoms. The second kappa shape index (κ2) is 9.78. The first-order valence-electron chi connectivity index (χ1n) is 7.37. The van der Waals surface area contributed by atoms with Crippen LogP contribution in [0.2, 0.25) is 0 Å². The van der Waals surface area contributed by atoms with Gasteiger partial charge < -0.3 is 15.7 Å². The lowest BCUT2D eigenvalue weighted by Gasteiger charge is -2.21. The first kappa shape index (κ1) is 16.0. The number of piperidine rings is 1. The fraction of sp³-hybridized carbons (Fsp3) is 0.857. The van der Waals surface area contributed by atoms with Gasteiger partial charge in [-0.05, 0) is 44.7 Å². The van der Waals surface area contributed by atoms with E-state index in [0.29, 0.717) is 12.3 Å². The highest BCUT2D eigenvalue weighted by molar-refractivity contribution is 5.76. The Morgan fingerprint density at radius 3 is 2.47 bits per heavy atom. The highest BCUT2D eigenvalue weighted by Gasteiger charge is 2.16. The van der Waals surface area contributed by atoms with Crippen LogP contribution < -0.4 is 10.6 Å². The highest BCUT2D eigenvalue weighted by Crippen LogP contribution is 2.15.